The number of amides is 1. The van der Waals surface area contributed by atoms with Crippen molar-refractivity contribution in [3.05, 3.63) is 47.5 Å². The van der Waals surface area contributed by atoms with Crippen molar-refractivity contribution in [2.24, 2.45) is 18.9 Å². The molecule has 25 heavy (non-hydrogen) atoms. The maximum Gasteiger partial charge on any atom is 0.223 e. The van der Waals surface area contributed by atoms with Gasteiger partial charge in [-0.05, 0) is 36.8 Å². The van der Waals surface area contributed by atoms with E-state index in [2.05, 4.69) is 27.6 Å². The summed E-state index contributed by atoms with van der Waals surface area (Å²) < 4.78 is 1.91. The Kier molecular flexibility index (Phi) is 4.29. The van der Waals surface area contributed by atoms with Gasteiger partial charge in [0.25, 0.3) is 0 Å². The predicted octanol–water partition coefficient (Wildman–Crippen LogP) is 1.20. The molecule has 2 aliphatic rings. The molecular weight excluding hydrogens is 316 g/mol. The van der Waals surface area contributed by atoms with E-state index in [0.29, 0.717) is 13.0 Å². The molecule has 132 valence electrons. The molecule has 0 radical (unpaired) electrons. The van der Waals surface area contributed by atoms with Gasteiger partial charge in [0, 0.05) is 31.3 Å². The number of aliphatic hydroxyl groups is 1. The van der Waals surface area contributed by atoms with Crippen LogP contribution in [0.5, 0.6) is 0 Å². The van der Waals surface area contributed by atoms with Gasteiger partial charge in [-0.1, -0.05) is 24.3 Å². The first-order valence-corrected chi connectivity index (χ1v) is 8.98. The van der Waals surface area contributed by atoms with Crippen LogP contribution in [0.3, 0.4) is 0 Å². The van der Waals surface area contributed by atoms with Gasteiger partial charge in [-0.2, -0.15) is 0 Å². The van der Waals surface area contributed by atoms with Crippen molar-refractivity contribution < 1.29 is 9.90 Å². The average Bonchev–Trinajstić information content (AvgIpc) is 3.30. The number of fused-ring (bicyclic) bond motifs is 1. The highest BCUT2D eigenvalue weighted by atomic mass is 16.3. The van der Waals surface area contributed by atoms with Crippen LogP contribution in [0.2, 0.25) is 0 Å². The third-order valence-electron chi connectivity index (χ3n) is 5.73. The van der Waals surface area contributed by atoms with Gasteiger partial charge in [0.1, 0.15) is 12.2 Å². The molecule has 6 heteroatoms. The molecule has 2 aromatic rings. The second kappa shape index (κ2) is 6.59. The van der Waals surface area contributed by atoms with Crippen molar-refractivity contribution in [2.75, 3.05) is 6.54 Å². The van der Waals surface area contributed by atoms with Crippen LogP contribution in [0.1, 0.15) is 35.7 Å². The van der Waals surface area contributed by atoms with E-state index in [4.69, 9.17) is 0 Å². The van der Waals surface area contributed by atoms with Gasteiger partial charge in [0.05, 0.1) is 6.10 Å². The number of carbonyl (C=O) groups is 1. The summed E-state index contributed by atoms with van der Waals surface area (Å²) in [4.78, 5) is 12.5. The summed E-state index contributed by atoms with van der Waals surface area (Å²) in [6.07, 6.45) is 4.44. The Morgan fingerprint density at radius 2 is 2.00 bits per heavy atom. The Morgan fingerprint density at radius 1 is 1.28 bits per heavy atom. The average molecular weight is 340 g/mol. The number of nitrogens with zero attached hydrogens (tertiary/aromatic N) is 3. The minimum Gasteiger partial charge on any atom is -0.393 e. The van der Waals surface area contributed by atoms with Gasteiger partial charge in [-0.3, -0.25) is 4.79 Å². The number of hydrogen-bond donors (Lipinski definition) is 2. The topological polar surface area (TPSA) is 80.0 Å². The Hall–Kier alpha value is -2.21. The minimum absolute atomic E-state index is 0.0190. The quantitative estimate of drug-likeness (QED) is 0.876. The van der Waals surface area contributed by atoms with E-state index >= 15 is 0 Å². The summed E-state index contributed by atoms with van der Waals surface area (Å²) in [6.45, 7) is 0.529. The highest BCUT2D eigenvalue weighted by Gasteiger charge is 2.36. The molecular formula is C19H24N4O2. The van der Waals surface area contributed by atoms with Crippen molar-refractivity contribution in [2.45, 2.75) is 37.7 Å². The number of aromatic nitrogens is 3. The zero-order valence-corrected chi connectivity index (χ0v) is 14.4. The first-order chi connectivity index (χ1) is 12.1. The van der Waals surface area contributed by atoms with Crippen molar-refractivity contribution in [1.29, 1.82) is 0 Å². The van der Waals surface area contributed by atoms with Gasteiger partial charge < -0.3 is 15.0 Å². The molecule has 0 bridgehead atoms. The number of hydrogen-bond acceptors (Lipinski definition) is 4. The van der Waals surface area contributed by atoms with Crippen LogP contribution in [-0.4, -0.2) is 38.4 Å². The standard InChI is InChI=1S/C19H24N4O2/c1-23-11-21-22-18(23)14-8-16(17(24)9-14)10-20-19(25)15-6-12-4-2-3-5-13(12)7-15/h2-5,11,14-17,24H,6-10H2,1H3,(H,20,25)/t14-,16+,17+/m0/s1. The number of benzene rings is 1. The fourth-order valence-corrected chi connectivity index (χ4v) is 4.31. The molecule has 0 unspecified atom stereocenters. The Bertz CT molecular complexity index is 747. The minimum atomic E-state index is -0.400. The van der Waals surface area contributed by atoms with E-state index in [1.807, 2.05) is 23.7 Å². The highest BCUT2D eigenvalue weighted by molar-refractivity contribution is 5.80. The van der Waals surface area contributed by atoms with Crippen LogP contribution in [0.15, 0.2) is 30.6 Å². The second-order valence-electron chi connectivity index (χ2n) is 7.41. The summed E-state index contributed by atoms with van der Waals surface area (Å²) in [5.74, 6) is 1.32. The molecule has 1 fully saturated rings. The smallest absolute Gasteiger partial charge is 0.223 e. The summed E-state index contributed by atoms with van der Waals surface area (Å²) in [7, 11) is 1.93. The lowest BCUT2D eigenvalue weighted by Gasteiger charge is -2.17. The number of aryl methyl sites for hydroxylation is 1. The van der Waals surface area contributed by atoms with E-state index in [-0.39, 0.29) is 23.7 Å². The molecule has 1 saturated carbocycles. The van der Waals surface area contributed by atoms with E-state index in [1.54, 1.807) is 6.33 Å². The first-order valence-electron chi connectivity index (χ1n) is 8.98. The Balaban J connectivity index is 1.31. The zero-order chi connectivity index (χ0) is 17.4. The van der Waals surface area contributed by atoms with Crippen LogP contribution in [0.25, 0.3) is 0 Å². The lowest BCUT2D eigenvalue weighted by atomic mass is 10.0. The van der Waals surface area contributed by atoms with E-state index in [1.165, 1.54) is 11.1 Å². The predicted molar refractivity (Wildman–Crippen MR) is 92.8 cm³/mol. The normalized spacial score (nSPS) is 25.9. The molecule has 6 nitrogen and oxygen atoms in total. The van der Waals surface area contributed by atoms with Gasteiger partial charge >= 0.3 is 0 Å². The molecule has 1 heterocycles. The molecule has 0 saturated heterocycles. The van der Waals surface area contributed by atoms with Crippen molar-refractivity contribution in [3.63, 3.8) is 0 Å². The number of rotatable bonds is 4. The Labute approximate surface area is 147 Å². The summed E-state index contributed by atoms with van der Waals surface area (Å²) in [5.41, 5.74) is 2.57. The zero-order valence-electron chi connectivity index (χ0n) is 14.4. The monoisotopic (exact) mass is 340 g/mol. The number of nitrogens with one attached hydrogen (secondary N) is 1. The Morgan fingerprint density at radius 3 is 2.64 bits per heavy atom. The molecule has 1 amide bonds. The third-order valence-corrected chi connectivity index (χ3v) is 5.73. The van der Waals surface area contributed by atoms with Crippen LogP contribution in [0, 0.1) is 11.8 Å². The van der Waals surface area contributed by atoms with Gasteiger partial charge in [-0.25, -0.2) is 0 Å². The second-order valence-corrected chi connectivity index (χ2v) is 7.41. The molecule has 1 aromatic heterocycles. The largest absolute Gasteiger partial charge is 0.393 e. The first kappa shape index (κ1) is 16.3. The van der Waals surface area contributed by atoms with Crippen molar-refractivity contribution in [1.82, 2.24) is 20.1 Å². The van der Waals surface area contributed by atoms with Gasteiger partial charge in [-0.15, -0.1) is 10.2 Å². The van der Waals surface area contributed by atoms with Crippen LogP contribution >= 0.6 is 0 Å². The molecule has 2 aliphatic carbocycles. The molecule has 2 N–H and O–H groups in total. The third kappa shape index (κ3) is 3.18. The maximum atomic E-state index is 12.5. The van der Waals surface area contributed by atoms with Crippen LogP contribution < -0.4 is 5.32 Å². The van der Waals surface area contributed by atoms with E-state index < -0.39 is 6.10 Å². The molecule has 4 rings (SSSR count). The van der Waals surface area contributed by atoms with Crippen molar-refractivity contribution in [3.8, 4) is 0 Å². The van der Waals surface area contributed by atoms with E-state index in [9.17, 15) is 9.90 Å². The SMILES string of the molecule is Cn1cnnc1[C@H]1C[C@H](CNC(=O)C2Cc3ccccc3C2)[C@H](O)C1. The lowest BCUT2D eigenvalue weighted by Crippen LogP contribution is -2.36. The molecule has 3 atom stereocenters. The van der Waals surface area contributed by atoms with Gasteiger partial charge in [0.2, 0.25) is 5.91 Å². The maximum absolute atomic E-state index is 12.5. The number of carbonyl (C=O) groups excluding carboxylic acids is 1. The summed E-state index contributed by atoms with van der Waals surface area (Å²) >= 11 is 0. The lowest BCUT2D eigenvalue weighted by molar-refractivity contribution is -0.125. The fraction of sp³-hybridized carbons (Fsp3) is 0.526. The van der Waals surface area contributed by atoms with Crippen molar-refractivity contribution >= 4 is 5.91 Å². The summed E-state index contributed by atoms with van der Waals surface area (Å²) in [6, 6.07) is 8.27. The highest BCUT2D eigenvalue weighted by Crippen LogP contribution is 2.37. The fourth-order valence-electron chi connectivity index (χ4n) is 4.31. The van der Waals surface area contributed by atoms with Gasteiger partial charge in [0.15, 0.2) is 0 Å². The van der Waals surface area contributed by atoms with E-state index in [0.717, 1.165) is 25.1 Å². The number of aliphatic hydroxyl groups excluding tert-OH is 1. The molecule has 0 aliphatic heterocycles. The molecule has 1 aromatic carbocycles. The van der Waals surface area contributed by atoms with Crippen LogP contribution in [-0.2, 0) is 24.7 Å². The van der Waals surface area contributed by atoms with Crippen LogP contribution in [0.4, 0.5) is 0 Å². The summed E-state index contributed by atoms with van der Waals surface area (Å²) in [5, 5.41) is 21.5. The molecule has 0 spiro atoms.